The lowest BCUT2D eigenvalue weighted by molar-refractivity contribution is -0.123. The predicted molar refractivity (Wildman–Crippen MR) is 77.9 cm³/mol. The Morgan fingerprint density at radius 3 is 2.61 bits per heavy atom. The van der Waals surface area contributed by atoms with Crippen LogP contribution in [0.1, 0.15) is 30.9 Å². The molecule has 1 aliphatic heterocycles. The maximum absolute atomic E-state index is 12.1. The van der Waals surface area contributed by atoms with Crippen molar-refractivity contribution in [1.29, 1.82) is 0 Å². The Morgan fingerprint density at radius 1 is 1.39 bits per heavy atom. The molecule has 0 bridgehead atoms. The van der Waals surface area contributed by atoms with Crippen molar-refractivity contribution in [2.24, 2.45) is 0 Å². The highest BCUT2D eigenvalue weighted by atomic mass is 35.5. The number of nitrogens with one attached hydrogen (secondary N) is 1. The molecule has 1 saturated heterocycles. The lowest BCUT2D eigenvalue weighted by Crippen LogP contribution is -2.39. The van der Waals surface area contributed by atoms with E-state index >= 15 is 0 Å². The minimum Gasteiger partial charge on any atom is -0.351 e. The van der Waals surface area contributed by atoms with Crippen LogP contribution in [0.25, 0.3) is 0 Å². The van der Waals surface area contributed by atoms with Gasteiger partial charge >= 0.3 is 0 Å². The van der Waals surface area contributed by atoms with Gasteiger partial charge in [-0.2, -0.15) is 0 Å². The van der Waals surface area contributed by atoms with Gasteiger partial charge in [-0.05, 0) is 36.6 Å². The SMILES string of the molecule is CC1(C(=O)NCc2ccc(CCl)cc2)CCCS1. The Kier molecular flexibility index (Phi) is 4.57. The van der Waals surface area contributed by atoms with Crippen LogP contribution in [0.3, 0.4) is 0 Å². The molecule has 1 atom stereocenters. The van der Waals surface area contributed by atoms with E-state index in [2.05, 4.69) is 5.32 Å². The Balaban J connectivity index is 1.88. The summed E-state index contributed by atoms with van der Waals surface area (Å²) in [6, 6.07) is 8.03. The summed E-state index contributed by atoms with van der Waals surface area (Å²) in [6.45, 7) is 2.63. The molecule has 1 N–H and O–H groups in total. The van der Waals surface area contributed by atoms with E-state index < -0.39 is 0 Å². The van der Waals surface area contributed by atoms with Crippen molar-refractivity contribution in [3.05, 3.63) is 35.4 Å². The quantitative estimate of drug-likeness (QED) is 0.859. The molecule has 1 unspecified atom stereocenters. The van der Waals surface area contributed by atoms with Gasteiger partial charge in [0, 0.05) is 12.4 Å². The van der Waals surface area contributed by atoms with Crippen LogP contribution in [0.5, 0.6) is 0 Å². The average molecular weight is 284 g/mol. The maximum atomic E-state index is 12.1. The summed E-state index contributed by atoms with van der Waals surface area (Å²) < 4.78 is -0.226. The number of hydrogen-bond acceptors (Lipinski definition) is 2. The molecule has 18 heavy (non-hydrogen) atoms. The number of rotatable bonds is 4. The molecule has 0 radical (unpaired) electrons. The zero-order chi connectivity index (χ0) is 13.0. The minimum atomic E-state index is -0.226. The fourth-order valence-corrected chi connectivity index (χ4v) is 3.48. The van der Waals surface area contributed by atoms with Crippen molar-refractivity contribution in [3.8, 4) is 0 Å². The number of hydrogen-bond donors (Lipinski definition) is 1. The molecule has 1 aromatic carbocycles. The third-order valence-corrected chi connectivity index (χ3v) is 5.16. The first kappa shape index (κ1) is 13.8. The minimum absolute atomic E-state index is 0.159. The molecule has 1 heterocycles. The Labute approximate surface area is 117 Å². The molecule has 98 valence electrons. The first-order chi connectivity index (χ1) is 8.64. The summed E-state index contributed by atoms with van der Waals surface area (Å²) in [6.07, 6.45) is 2.12. The average Bonchev–Trinajstić information content (AvgIpc) is 2.85. The van der Waals surface area contributed by atoms with E-state index in [1.807, 2.05) is 31.2 Å². The molecule has 2 nitrogen and oxygen atoms in total. The van der Waals surface area contributed by atoms with E-state index in [1.165, 1.54) is 0 Å². The molecule has 0 spiro atoms. The van der Waals surface area contributed by atoms with Crippen molar-refractivity contribution in [1.82, 2.24) is 5.32 Å². The third-order valence-electron chi connectivity index (χ3n) is 3.33. The van der Waals surface area contributed by atoms with Gasteiger partial charge in [0.1, 0.15) is 0 Å². The lowest BCUT2D eigenvalue weighted by Gasteiger charge is -2.21. The van der Waals surface area contributed by atoms with Crippen LogP contribution < -0.4 is 5.32 Å². The molecular formula is C14H18ClNOS. The van der Waals surface area contributed by atoms with Gasteiger partial charge in [0.25, 0.3) is 0 Å². The van der Waals surface area contributed by atoms with Gasteiger partial charge in [0.2, 0.25) is 5.91 Å². The zero-order valence-corrected chi connectivity index (χ0v) is 12.1. The number of thioether (sulfide) groups is 1. The van der Waals surface area contributed by atoms with Gasteiger partial charge in [-0.1, -0.05) is 24.3 Å². The fourth-order valence-electron chi connectivity index (χ4n) is 2.07. The predicted octanol–water partition coefficient (Wildman–Crippen LogP) is 3.33. The second-order valence-corrected chi connectivity index (χ2v) is 6.68. The summed E-state index contributed by atoms with van der Waals surface area (Å²) in [5, 5.41) is 3.03. The first-order valence-corrected chi connectivity index (χ1v) is 7.72. The van der Waals surface area contributed by atoms with Crippen LogP contribution in [0.15, 0.2) is 24.3 Å². The van der Waals surface area contributed by atoms with E-state index in [4.69, 9.17) is 11.6 Å². The smallest absolute Gasteiger partial charge is 0.236 e. The number of carbonyl (C=O) groups excluding carboxylic acids is 1. The molecule has 1 fully saturated rings. The molecule has 0 aromatic heterocycles. The Morgan fingerprint density at radius 2 is 2.06 bits per heavy atom. The van der Waals surface area contributed by atoms with Crippen LogP contribution in [-0.2, 0) is 17.2 Å². The molecule has 1 aromatic rings. The first-order valence-electron chi connectivity index (χ1n) is 6.20. The normalized spacial score (nSPS) is 23.0. The molecule has 1 aliphatic rings. The lowest BCUT2D eigenvalue weighted by atomic mass is 10.0. The standard InChI is InChI=1S/C14H18ClNOS/c1-14(7-2-8-18-14)13(17)16-10-12-5-3-11(9-15)4-6-12/h3-6H,2,7-10H2,1H3,(H,16,17). The van der Waals surface area contributed by atoms with Gasteiger partial charge < -0.3 is 5.32 Å². The van der Waals surface area contributed by atoms with Crippen LogP contribution in [-0.4, -0.2) is 16.4 Å². The zero-order valence-electron chi connectivity index (χ0n) is 10.5. The second kappa shape index (κ2) is 5.98. The van der Waals surface area contributed by atoms with Gasteiger partial charge in [0.05, 0.1) is 4.75 Å². The fraction of sp³-hybridized carbons (Fsp3) is 0.500. The molecular weight excluding hydrogens is 266 g/mol. The van der Waals surface area contributed by atoms with Crippen LogP contribution in [0.2, 0.25) is 0 Å². The Hall–Kier alpha value is -0.670. The van der Waals surface area contributed by atoms with Crippen LogP contribution in [0, 0.1) is 0 Å². The van der Waals surface area contributed by atoms with E-state index in [0.717, 1.165) is 29.7 Å². The molecule has 4 heteroatoms. The summed E-state index contributed by atoms with van der Waals surface area (Å²) in [5.74, 6) is 1.78. The largest absolute Gasteiger partial charge is 0.351 e. The van der Waals surface area contributed by atoms with E-state index in [1.54, 1.807) is 11.8 Å². The number of amides is 1. The number of halogens is 1. The summed E-state index contributed by atoms with van der Waals surface area (Å²) in [4.78, 5) is 12.1. The van der Waals surface area contributed by atoms with Crippen molar-refractivity contribution in [2.45, 2.75) is 36.9 Å². The van der Waals surface area contributed by atoms with E-state index in [-0.39, 0.29) is 10.7 Å². The van der Waals surface area contributed by atoms with Crippen LogP contribution >= 0.6 is 23.4 Å². The van der Waals surface area contributed by atoms with E-state index in [9.17, 15) is 4.79 Å². The van der Waals surface area contributed by atoms with Crippen molar-refractivity contribution < 1.29 is 4.79 Å². The van der Waals surface area contributed by atoms with Gasteiger partial charge in [-0.3, -0.25) is 4.79 Å². The Bertz CT molecular complexity index is 412. The van der Waals surface area contributed by atoms with Gasteiger partial charge in [-0.25, -0.2) is 0 Å². The number of carbonyl (C=O) groups is 1. The monoisotopic (exact) mass is 283 g/mol. The summed E-state index contributed by atoms with van der Waals surface area (Å²) in [5.41, 5.74) is 2.22. The number of alkyl halides is 1. The molecule has 2 rings (SSSR count). The van der Waals surface area contributed by atoms with Gasteiger partial charge in [0.15, 0.2) is 0 Å². The highest BCUT2D eigenvalue weighted by molar-refractivity contribution is 8.01. The van der Waals surface area contributed by atoms with E-state index in [0.29, 0.717) is 12.4 Å². The molecule has 0 saturated carbocycles. The van der Waals surface area contributed by atoms with Crippen molar-refractivity contribution >= 4 is 29.3 Å². The highest BCUT2D eigenvalue weighted by Gasteiger charge is 2.36. The third kappa shape index (κ3) is 3.21. The summed E-state index contributed by atoms with van der Waals surface area (Å²) in [7, 11) is 0. The highest BCUT2D eigenvalue weighted by Crippen LogP contribution is 2.37. The maximum Gasteiger partial charge on any atom is 0.236 e. The molecule has 0 aliphatic carbocycles. The van der Waals surface area contributed by atoms with Gasteiger partial charge in [-0.15, -0.1) is 23.4 Å². The van der Waals surface area contributed by atoms with Crippen LogP contribution in [0.4, 0.5) is 0 Å². The summed E-state index contributed by atoms with van der Waals surface area (Å²) >= 11 is 7.50. The second-order valence-electron chi connectivity index (χ2n) is 4.82. The van der Waals surface area contributed by atoms with Crippen molar-refractivity contribution in [2.75, 3.05) is 5.75 Å². The van der Waals surface area contributed by atoms with Crippen molar-refractivity contribution in [3.63, 3.8) is 0 Å². The molecule has 1 amide bonds. The topological polar surface area (TPSA) is 29.1 Å². The number of benzene rings is 1.